The van der Waals surface area contributed by atoms with E-state index < -0.39 is 5.97 Å². The van der Waals surface area contributed by atoms with E-state index in [1.54, 1.807) is 0 Å². The van der Waals surface area contributed by atoms with E-state index >= 15 is 0 Å². The molecular formula is C9H11NO3S. The van der Waals surface area contributed by atoms with Gasteiger partial charge in [-0.05, 0) is 12.5 Å². The Labute approximate surface area is 85.6 Å². The van der Waals surface area contributed by atoms with E-state index in [2.05, 4.69) is 5.32 Å². The zero-order chi connectivity index (χ0) is 10.7. The fourth-order valence-electron chi connectivity index (χ4n) is 1.09. The molecule has 0 aliphatic carbocycles. The molecule has 0 atom stereocenters. The van der Waals surface area contributed by atoms with Crippen LogP contribution >= 0.6 is 11.3 Å². The predicted molar refractivity (Wildman–Crippen MR) is 55.0 cm³/mol. The van der Waals surface area contributed by atoms with Gasteiger partial charge in [-0.3, -0.25) is 4.79 Å². The number of carbonyl (C=O) groups excluding carboxylic acids is 1. The topological polar surface area (TPSA) is 66.4 Å². The highest BCUT2D eigenvalue weighted by atomic mass is 32.1. The molecule has 0 aliphatic heterocycles. The molecule has 1 aromatic heterocycles. The minimum Gasteiger partial charge on any atom is -0.477 e. The van der Waals surface area contributed by atoms with Crippen LogP contribution in [-0.4, -0.2) is 17.0 Å². The molecule has 0 saturated heterocycles. The summed E-state index contributed by atoms with van der Waals surface area (Å²) in [7, 11) is 0. The predicted octanol–water partition coefficient (Wildman–Crippen LogP) is 1.97. The van der Waals surface area contributed by atoms with Crippen molar-refractivity contribution in [1.29, 1.82) is 0 Å². The Morgan fingerprint density at radius 3 is 2.64 bits per heavy atom. The maximum atomic E-state index is 10.8. The lowest BCUT2D eigenvalue weighted by Gasteiger charge is -1.99. The molecule has 1 heterocycles. The molecule has 0 unspecified atom stereocenters. The molecule has 14 heavy (non-hydrogen) atoms. The van der Waals surface area contributed by atoms with Crippen LogP contribution in [0.2, 0.25) is 0 Å². The second kappa shape index (κ2) is 4.23. The molecule has 76 valence electrons. The Kier molecular flexibility index (Phi) is 3.24. The first-order chi connectivity index (χ1) is 6.54. The fourth-order valence-corrected chi connectivity index (χ4v) is 1.99. The van der Waals surface area contributed by atoms with E-state index in [9.17, 15) is 9.59 Å². The number of amides is 1. The number of carboxylic acids is 1. The van der Waals surface area contributed by atoms with Crippen LogP contribution in [0, 0.1) is 0 Å². The van der Waals surface area contributed by atoms with Gasteiger partial charge < -0.3 is 10.4 Å². The van der Waals surface area contributed by atoms with Gasteiger partial charge in [-0.2, -0.15) is 0 Å². The second-order valence-electron chi connectivity index (χ2n) is 2.79. The van der Waals surface area contributed by atoms with Crippen molar-refractivity contribution in [2.45, 2.75) is 20.3 Å². The largest absolute Gasteiger partial charge is 0.477 e. The molecule has 0 bridgehead atoms. The van der Waals surface area contributed by atoms with Gasteiger partial charge in [0.15, 0.2) is 0 Å². The number of thiophene rings is 1. The van der Waals surface area contributed by atoms with Crippen LogP contribution in [-0.2, 0) is 11.2 Å². The van der Waals surface area contributed by atoms with Crippen molar-refractivity contribution >= 4 is 28.9 Å². The van der Waals surface area contributed by atoms with Crippen molar-refractivity contribution in [2.24, 2.45) is 0 Å². The lowest BCUT2D eigenvalue weighted by molar-refractivity contribution is -0.114. The normalized spacial score (nSPS) is 9.86. The third kappa shape index (κ3) is 2.32. The monoisotopic (exact) mass is 213 g/mol. The average Bonchev–Trinajstić information content (AvgIpc) is 2.46. The van der Waals surface area contributed by atoms with Gasteiger partial charge in [0, 0.05) is 11.8 Å². The minimum atomic E-state index is -0.957. The highest BCUT2D eigenvalue weighted by molar-refractivity contribution is 7.14. The summed E-state index contributed by atoms with van der Waals surface area (Å²) >= 11 is 1.20. The summed E-state index contributed by atoms with van der Waals surface area (Å²) in [6.07, 6.45) is 0.716. The zero-order valence-corrected chi connectivity index (χ0v) is 8.77. The lowest BCUT2D eigenvalue weighted by atomic mass is 10.3. The summed E-state index contributed by atoms with van der Waals surface area (Å²) < 4.78 is 0. The van der Waals surface area contributed by atoms with E-state index in [-0.39, 0.29) is 10.8 Å². The first kappa shape index (κ1) is 10.7. The van der Waals surface area contributed by atoms with Crippen molar-refractivity contribution < 1.29 is 14.7 Å². The minimum absolute atomic E-state index is 0.186. The van der Waals surface area contributed by atoms with Gasteiger partial charge in [-0.25, -0.2) is 4.79 Å². The number of anilines is 1. The Morgan fingerprint density at radius 1 is 1.57 bits per heavy atom. The third-order valence-electron chi connectivity index (χ3n) is 1.65. The highest BCUT2D eigenvalue weighted by Gasteiger charge is 2.12. The fraction of sp³-hybridized carbons (Fsp3) is 0.333. The quantitative estimate of drug-likeness (QED) is 0.806. The molecule has 4 nitrogen and oxygen atoms in total. The number of nitrogens with one attached hydrogen (secondary N) is 1. The van der Waals surface area contributed by atoms with E-state index in [0.717, 1.165) is 4.88 Å². The molecule has 1 aromatic rings. The zero-order valence-electron chi connectivity index (χ0n) is 7.96. The van der Waals surface area contributed by atoms with Gasteiger partial charge in [-0.1, -0.05) is 6.92 Å². The van der Waals surface area contributed by atoms with Gasteiger partial charge in [-0.15, -0.1) is 11.3 Å². The van der Waals surface area contributed by atoms with Crippen LogP contribution in [0.15, 0.2) is 6.07 Å². The molecule has 1 rings (SSSR count). The molecule has 0 saturated carbocycles. The Morgan fingerprint density at radius 2 is 2.21 bits per heavy atom. The first-order valence-electron chi connectivity index (χ1n) is 4.18. The molecule has 5 heteroatoms. The summed E-state index contributed by atoms with van der Waals surface area (Å²) in [6, 6.07) is 1.49. The SMILES string of the molecule is CCc1sc(C(=O)O)cc1NC(C)=O. The molecular weight excluding hydrogens is 202 g/mol. The number of hydrogen-bond acceptors (Lipinski definition) is 3. The van der Waals surface area contributed by atoms with Crippen LogP contribution in [0.3, 0.4) is 0 Å². The summed E-state index contributed by atoms with van der Waals surface area (Å²) in [5, 5.41) is 11.4. The van der Waals surface area contributed by atoms with Crippen LogP contribution in [0.4, 0.5) is 5.69 Å². The molecule has 0 fully saturated rings. The van der Waals surface area contributed by atoms with Crippen LogP contribution < -0.4 is 5.32 Å². The van der Waals surface area contributed by atoms with E-state index in [1.807, 2.05) is 6.92 Å². The van der Waals surface area contributed by atoms with E-state index in [1.165, 1.54) is 24.3 Å². The van der Waals surface area contributed by atoms with E-state index in [4.69, 9.17) is 5.11 Å². The first-order valence-corrected chi connectivity index (χ1v) is 4.99. The number of rotatable bonds is 3. The van der Waals surface area contributed by atoms with E-state index in [0.29, 0.717) is 12.1 Å². The summed E-state index contributed by atoms with van der Waals surface area (Å²) in [4.78, 5) is 22.6. The summed E-state index contributed by atoms with van der Waals surface area (Å²) in [6.45, 7) is 3.32. The average molecular weight is 213 g/mol. The molecule has 0 radical (unpaired) electrons. The van der Waals surface area contributed by atoms with Crippen molar-refractivity contribution in [3.8, 4) is 0 Å². The maximum absolute atomic E-state index is 10.8. The van der Waals surface area contributed by atoms with Crippen molar-refractivity contribution in [3.63, 3.8) is 0 Å². The Balaban J connectivity index is 3.02. The van der Waals surface area contributed by atoms with Gasteiger partial charge in [0.05, 0.1) is 5.69 Å². The highest BCUT2D eigenvalue weighted by Crippen LogP contribution is 2.27. The number of carboxylic acid groups (broad SMARTS) is 1. The Bertz CT molecular complexity index is 370. The molecule has 0 spiro atoms. The van der Waals surface area contributed by atoms with Crippen molar-refractivity contribution in [1.82, 2.24) is 0 Å². The second-order valence-corrected chi connectivity index (χ2v) is 3.92. The smallest absolute Gasteiger partial charge is 0.345 e. The van der Waals surface area contributed by atoms with Crippen LogP contribution in [0.5, 0.6) is 0 Å². The molecule has 2 N–H and O–H groups in total. The number of aryl methyl sites for hydroxylation is 1. The number of carbonyl (C=O) groups is 2. The number of aromatic carboxylic acids is 1. The molecule has 0 aromatic carbocycles. The number of hydrogen-bond donors (Lipinski definition) is 2. The molecule has 1 amide bonds. The van der Waals surface area contributed by atoms with Gasteiger partial charge in [0.1, 0.15) is 4.88 Å². The summed E-state index contributed by atoms with van der Waals surface area (Å²) in [5.74, 6) is -1.14. The van der Waals surface area contributed by atoms with Gasteiger partial charge in [0.2, 0.25) is 5.91 Å². The molecule has 0 aliphatic rings. The Hall–Kier alpha value is -1.36. The standard InChI is InChI=1S/C9H11NO3S/c1-3-7-6(10-5(2)11)4-8(14-7)9(12)13/h4H,3H2,1-2H3,(H,10,11)(H,12,13). The maximum Gasteiger partial charge on any atom is 0.345 e. The van der Waals surface area contributed by atoms with Crippen LogP contribution in [0.1, 0.15) is 28.4 Å². The van der Waals surface area contributed by atoms with Crippen molar-refractivity contribution in [3.05, 3.63) is 15.8 Å². The van der Waals surface area contributed by atoms with Crippen molar-refractivity contribution in [2.75, 3.05) is 5.32 Å². The lowest BCUT2D eigenvalue weighted by Crippen LogP contribution is -2.06. The third-order valence-corrected chi connectivity index (χ3v) is 2.92. The van der Waals surface area contributed by atoms with Gasteiger partial charge in [0.25, 0.3) is 0 Å². The summed E-state index contributed by atoms with van der Waals surface area (Å²) in [5.41, 5.74) is 0.613. The van der Waals surface area contributed by atoms with Crippen LogP contribution in [0.25, 0.3) is 0 Å². The van der Waals surface area contributed by atoms with Gasteiger partial charge >= 0.3 is 5.97 Å².